The van der Waals surface area contributed by atoms with Crippen LogP contribution in [-0.4, -0.2) is 64.6 Å². The van der Waals surface area contributed by atoms with E-state index in [1.807, 2.05) is 6.92 Å². The van der Waals surface area contributed by atoms with E-state index in [9.17, 15) is 0 Å². The summed E-state index contributed by atoms with van der Waals surface area (Å²) in [6, 6.07) is 0. The van der Waals surface area contributed by atoms with Gasteiger partial charge in [0.1, 0.15) is 0 Å². The molecule has 1 N–H and O–H groups in total. The van der Waals surface area contributed by atoms with Crippen molar-refractivity contribution in [2.45, 2.75) is 26.7 Å². The van der Waals surface area contributed by atoms with Gasteiger partial charge in [0.15, 0.2) is 0 Å². The second-order valence-electron chi connectivity index (χ2n) is 5.41. The molecule has 0 radical (unpaired) electrons. The normalized spacial score (nSPS) is 24.0. The summed E-state index contributed by atoms with van der Waals surface area (Å²) in [6.07, 6.45) is 2.36. The molecule has 1 atom stereocenters. The average molecular weight is 258 g/mol. The highest BCUT2D eigenvalue weighted by atomic mass is 16.5. The van der Waals surface area contributed by atoms with Gasteiger partial charge in [-0.15, -0.1) is 0 Å². The van der Waals surface area contributed by atoms with Crippen molar-refractivity contribution in [1.82, 2.24) is 10.2 Å². The SMILES string of the molecule is CCCNCC1(CN(C)CCOCC)CCOC1. The predicted molar refractivity (Wildman–Crippen MR) is 75.0 cm³/mol. The van der Waals surface area contributed by atoms with Gasteiger partial charge in [0.25, 0.3) is 0 Å². The van der Waals surface area contributed by atoms with Crippen molar-refractivity contribution in [3.8, 4) is 0 Å². The third-order valence-electron chi connectivity index (χ3n) is 3.54. The van der Waals surface area contributed by atoms with Crippen molar-refractivity contribution in [2.75, 3.05) is 59.7 Å². The fraction of sp³-hybridized carbons (Fsp3) is 1.00. The van der Waals surface area contributed by atoms with Crippen molar-refractivity contribution in [3.63, 3.8) is 0 Å². The lowest BCUT2D eigenvalue weighted by Gasteiger charge is -2.32. The molecule has 0 amide bonds. The maximum absolute atomic E-state index is 5.62. The number of nitrogens with zero attached hydrogens (tertiary/aromatic N) is 1. The molecule has 0 bridgehead atoms. The number of hydrogen-bond donors (Lipinski definition) is 1. The smallest absolute Gasteiger partial charge is 0.0593 e. The van der Waals surface area contributed by atoms with E-state index in [1.165, 1.54) is 12.8 Å². The van der Waals surface area contributed by atoms with Crippen LogP contribution >= 0.6 is 0 Å². The molecular weight excluding hydrogens is 228 g/mol. The molecule has 0 aliphatic carbocycles. The second kappa shape index (κ2) is 8.86. The predicted octanol–water partition coefficient (Wildman–Crippen LogP) is 1.36. The van der Waals surface area contributed by atoms with Gasteiger partial charge < -0.3 is 19.7 Å². The highest BCUT2D eigenvalue weighted by Gasteiger charge is 2.35. The first-order valence-electron chi connectivity index (χ1n) is 7.27. The molecule has 0 spiro atoms. The zero-order valence-electron chi connectivity index (χ0n) is 12.3. The maximum atomic E-state index is 5.62. The molecule has 1 rings (SSSR count). The molecule has 1 aliphatic rings. The van der Waals surface area contributed by atoms with Gasteiger partial charge in [-0.1, -0.05) is 6.92 Å². The molecule has 0 aromatic carbocycles. The van der Waals surface area contributed by atoms with Crippen molar-refractivity contribution in [2.24, 2.45) is 5.41 Å². The Hall–Kier alpha value is -0.160. The summed E-state index contributed by atoms with van der Waals surface area (Å²) < 4.78 is 11.0. The van der Waals surface area contributed by atoms with Crippen LogP contribution in [0, 0.1) is 5.41 Å². The molecule has 1 heterocycles. The number of nitrogens with one attached hydrogen (secondary N) is 1. The quantitative estimate of drug-likeness (QED) is 0.600. The molecule has 1 aliphatic heterocycles. The van der Waals surface area contributed by atoms with Crippen LogP contribution in [0.4, 0.5) is 0 Å². The van der Waals surface area contributed by atoms with Crippen LogP contribution in [0.25, 0.3) is 0 Å². The Morgan fingerprint density at radius 1 is 1.39 bits per heavy atom. The van der Waals surface area contributed by atoms with Gasteiger partial charge in [0.05, 0.1) is 13.2 Å². The largest absolute Gasteiger partial charge is 0.381 e. The third kappa shape index (κ3) is 5.65. The summed E-state index contributed by atoms with van der Waals surface area (Å²) in [4.78, 5) is 2.37. The second-order valence-corrected chi connectivity index (χ2v) is 5.41. The first-order chi connectivity index (χ1) is 8.72. The molecule has 4 nitrogen and oxygen atoms in total. The lowest BCUT2D eigenvalue weighted by molar-refractivity contribution is 0.0875. The molecule has 1 unspecified atom stereocenters. The summed E-state index contributed by atoms with van der Waals surface area (Å²) in [5.74, 6) is 0. The van der Waals surface area contributed by atoms with Gasteiger partial charge >= 0.3 is 0 Å². The minimum atomic E-state index is 0.302. The number of hydrogen-bond acceptors (Lipinski definition) is 4. The van der Waals surface area contributed by atoms with E-state index in [4.69, 9.17) is 9.47 Å². The van der Waals surface area contributed by atoms with E-state index in [2.05, 4.69) is 24.2 Å². The maximum Gasteiger partial charge on any atom is 0.0593 e. The van der Waals surface area contributed by atoms with E-state index in [1.54, 1.807) is 0 Å². The van der Waals surface area contributed by atoms with Gasteiger partial charge in [-0.2, -0.15) is 0 Å². The van der Waals surface area contributed by atoms with Gasteiger partial charge in [0.2, 0.25) is 0 Å². The lowest BCUT2D eigenvalue weighted by atomic mass is 9.86. The molecule has 108 valence electrons. The van der Waals surface area contributed by atoms with Crippen LogP contribution in [0.5, 0.6) is 0 Å². The van der Waals surface area contributed by atoms with Crippen molar-refractivity contribution < 1.29 is 9.47 Å². The van der Waals surface area contributed by atoms with Crippen molar-refractivity contribution >= 4 is 0 Å². The first kappa shape index (κ1) is 15.9. The minimum Gasteiger partial charge on any atom is -0.381 e. The fourth-order valence-electron chi connectivity index (χ4n) is 2.52. The molecule has 4 heteroatoms. The third-order valence-corrected chi connectivity index (χ3v) is 3.54. The number of ether oxygens (including phenoxy) is 2. The van der Waals surface area contributed by atoms with Crippen LogP contribution in [0.1, 0.15) is 26.7 Å². The van der Waals surface area contributed by atoms with E-state index in [-0.39, 0.29) is 0 Å². The number of rotatable bonds is 10. The molecule has 0 aromatic rings. The molecule has 0 aromatic heterocycles. The first-order valence-corrected chi connectivity index (χ1v) is 7.27. The van der Waals surface area contributed by atoms with E-state index in [0.29, 0.717) is 5.41 Å². The number of likely N-dealkylation sites (N-methyl/N-ethyl adjacent to an activating group) is 1. The Kier molecular flexibility index (Phi) is 7.82. The van der Waals surface area contributed by atoms with Crippen LogP contribution in [0.2, 0.25) is 0 Å². The van der Waals surface area contributed by atoms with Gasteiger partial charge in [0, 0.05) is 38.3 Å². The van der Waals surface area contributed by atoms with Crippen LogP contribution in [-0.2, 0) is 9.47 Å². The van der Waals surface area contributed by atoms with Crippen LogP contribution in [0.15, 0.2) is 0 Å². The summed E-state index contributed by atoms with van der Waals surface area (Å²) in [7, 11) is 2.18. The van der Waals surface area contributed by atoms with Crippen molar-refractivity contribution in [1.29, 1.82) is 0 Å². The fourth-order valence-corrected chi connectivity index (χ4v) is 2.52. The monoisotopic (exact) mass is 258 g/mol. The zero-order chi connectivity index (χ0) is 13.3. The zero-order valence-corrected chi connectivity index (χ0v) is 12.3. The summed E-state index contributed by atoms with van der Waals surface area (Å²) in [5, 5.41) is 3.55. The average Bonchev–Trinajstić information content (AvgIpc) is 2.78. The lowest BCUT2D eigenvalue weighted by Crippen LogP contribution is -2.44. The highest BCUT2D eigenvalue weighted by molar-refractivity contribution is 4.87. The Morgan fingerprint density at radius 3 is 2.83 bits per heavy atom. The van der Waals surface area contributed by atoms with E-state index in [0.717, 1.165) is 52.6 Å². The molecule has 18 heavy (non-hydrogen) atoms. The Bertz CT molecular complexity index is 206. The minimum absolute atomic E-state index is 0.302. The summed E-state index contributed by atoms with van der Waals surface area (Å²) in [6.45, 7) is 12.0. The Labute approximate surface area is 112 Å². The van der Waals surface area contributed by atoms with Gasteiger partial charge in [-0.3, -0.25) is 0 Å². The summed E-state index contributed by atoms with van der Waals surface area (Å²) >= 11 is 0. The Morgan fingerprint density at radius 2 is 2.22 bits per heavy atom. The molecule has 1 saturated heterocycles. The highest BCUT2D eigenvalue weighted by Crippen LogP contribution is 2.28. The topological polar surface area (TPSA) is 33.7 Å². The standard InChI is InChI=1S/C14H30N2O2/c1-4-7-15-11-14(6-9-18-13-14)12-16(3)8-10-17-5-2/h15H,4-13H2,1-3H3. The Balaban J connectivity index is 2.31. The molecule has 0 saturated carbocycles. The van der Waals surface area contributed by atoms with Crippen LogP contribution < -0.4 is 5.32 Å². The van der Waals surface area contributed by atoms with Crippen molar-refractivity contribution in [3.05, 3.63) is 0 Å². The van der Waals surface area contributed by atoms with E-state index < -0.39 is 0 Å². The molecule has 1 fully saturated rings. The summed E-state index contributed by atoms with van der Waals surface area (Å²) in [5.41, 5.74) is 0.302. The molecular formula is C14H30N2O2. The van der Waals surface area contributed by atoms with Gasteiger partial charge in [-0.25, -0.2) is 0 Å². The van der Waals surface area contributed by atoms with E-state index >= 15 is 0 Å². The van der Waals surface area contributed by atoms with Gasteiger partial charge in [-0.05, 0) is 33.4 Å². The van der Waals surface area contributed by atoms with Crippen LogP contribution in [0.3, 0.4) is 0 Å².